The molecule has 0 aliphatic heterocycles. The van der Waals surface area contributed by atoms with Crippen LogP contribution in [0.4, 0.5) is 17.1 Å². The van der Waals surface area contributed by atoms with Gasteiger partial charge in [-0.3, -0.25) is 0 Å². The summed E-state index contributed by atoms with van der Waals surface area (Å²) in [5, 5.41) is 6.09. The summed E-state index contributed by atoms with van der Waals surface area (Å²) in [5.41, 5.74) is 8.29. The van der Waals surface area contributed by atoms with E-state index in [4.69, 9.17) is 10.5 Å². The SMILES string of the molecule is CNc1cc(N)c(OC)cc1NC. The highest BCUT2D eigenvalue weighted by molar-refractivity contribution is 5.77. The molecule has 4 heteroatoms. The molecule has 0 aliphatic carbocycles. The second kappa shape index (κ2) is 3.89. The second-order valence-electron chi connectivity index (χ2n) is 2.64. The van der Waals surface area contributed by atoms with Crippen molar-refractivity contribution in [2.45, 2.75) is 0 Å². The monoisotopic (exact) mass is 181 g/mol. The fourth-order valence-corrected chi connectivity index (χ4v) is 1.19. The topological polar surface area (TPSA) is 59.3 Å². The average molecular weight is 181 g/mol. The van der Waals surface area contributed by atoms with Crippen molar-refractivity contribution in [3.05, 3.63) is 12.1 Å². The number of rotatable bonds is 3. The Morgan fingerprint density at radius 1 is 1.15 bits per heavy atom. The van der Waals surface area contributed by atoms with Gasteiger partial charge in [0.25, 0.3) is 0 Å². The Bertz CT molecular complexity index is 299. The molecule has 0 heterocycles. The Morgan fingerprint density at radius 3 is 2.15 bits per heavy atom. The van der Waals surface area contributed by atoms with Crippen molar-refractivity contribution in [2.24, 2.45) is 0 Å². The van der Waals surface area contributed by atoms with Crippen molar-refractivity contribution in [3.8, 4) is 5.75 Å². The van der Waals surface area contributed by atoms with Crippen molar-refractivity contribution < 1.29 is 4.74 Å². The van der Waals surface area contributed by atoms with Gasteiger partial charge in [-0.25, -0.2) is 0 Å². The van der Waals surface area contributed by atoms with Crippen molar-refractivity contribution in [3.63, 3.8) is 0 Å². The minimum Gasteiger partial charge on any atom is -0.495 e. The Labute approximate surface area is 78.1 Å². The fraction of sp³-hybridized carbons (Fsp3) is 0.333. The van der Waals surface area contributed by atoms with Crippen LogP contribution in [0.25, 0.3) is 0 Å². The molecule has 1 aromatic rings. The predicted molar refractivity (Wildman–Crippen MR) is 56.5 cm³/mol. The number of nitrogens with one attached hydrogen (secondary N) is 2. The van der Waals surface area contributed by atoms with Crippen LogP contribution in [0.3, 0.4) is 0 Å². The van der Waals surface area contributed by atoms with E-state index in [0.29, 0.717) is 11.4 Å². The van der Waals surface area contributed by atoms with Gasteiger partial charge in [0.1, 0.15) is 5.75 Å². The molecule has 0 bridgehead atoms. The third-order valence-electron chi connectivity index (χ3n) is 1.91. The second-order valence-corrected chi connectivity index (χ2v) is 2.64. The van der Waals surface area contributed by atoms with E-state index in [-0.39, 0.29) is 0 Å². The van der Waals surface area contributed by atoms with Gasteiger partial charge in [0.15, 0.2) is 0 Å². The lowest BCUT2D eigenvalue weighted by molar-refractivity contribution is 0.417. The average Bonchev–Trinajstić information content (AvgIpc) is 2.17. The van der Waals surface area contributed by atoms with Gasteiger partial charge in [-0.15, -0.1) is 0 Å². The molecule has 1 aromatic carbocycles. The zero-order chi connectivity index (χ0) is 9.84. The van der Waals surface area contributed by atoms with E-state index in [1.54, 1.807) is 7.11 Å². The van der Waals surface area contributed by atoms with Gasteiger partial charge >= 0.3 is 0 Å². The molecule has 0 spiro atoms. The molecule has 1 rings (SSSR count). The Kier molecular flexibility index (Phi) is 2.84. The molecular weight excluding hydrogens is 166 g/mol. The highest BCUT2D eigenvalue weighted by Gasteiger charge is 2.05. The molecular formula is C9H15N3O. The van der Waals surface area contributed by atoms with Crippen molar-refractivity contribution in [2.75, 3.05) is 37.6 Å². The molecule has 0 saturated carbocycles. The lowest BCUT2D eigenvalue weighted by Crippen LogP contribution is -2.00. The number of nitrogens with two attached hydrogens (primary N) is 1. The van der Waals surface area contributed by atoms with Gasteiger partial charge in [0.2, 0.25) is 0 Å². The molecule has 0 saturated heterocycles. The van der Waals surface area contributed by atoms with Crippen LogP contribution in [0.5, 0.6) is 5.75 Å². The fourth-order valence-electron chi connectivity index (χ4n) is 1.19. The summed E-state index contributed by atoms with van der Waals surface area (Å²) in [6, 6.07) is 3.70. The number of nitrogen functional groups attached to an aromatic ring is 1. The van der Waals surface area contributed by atoms with Gasteiger partial charge in [0.05, 0.1) is 24.2 Å². The molecule has 0 radical (unpaired) electrons. The first-order chi connectivity index (χ1) is 6.22. The van der Waals surface area contributed by atoms with Crippen LogP contribution in [-0.4, -0.2) is 21.2 Å². The van der Waals surface area contributed by atoms with Crippen LogP contribution in [0, 0.1) is 0 Å². The van der Waals surface area contributed by atoms with E-state index in [2.05, 4.69) is 10.6 Å². The maximum absolute atomic E-state index is 5.74. The van der Waals surface area contributed by atoms with E-state index in [0.717, 1.165) is 11.4 Å². The number of hydrogen-bond acceptors (Lipinski definition) is 4. The first-order valence-electron chi connectivity index (χ1n) is 4.06. The van der Waals surface area contributed by atoms with Gasteiger partial charge in [-0.05, 0) is 6.07 Å². The van der Waals surface area contributed by atoms with Crippen LogP contribution >= 0.6 is 0 Å². The number of anilines is 3. The van der Waals surface area contributed by atoms with Gasteiger partial charge < -0.3 is 21.1 Å². The summed E-state index contributed by atoms with van der Waals surface area (Å²) in [6.45, 7) is 0. The quantitative estimate of drug-likeness (QED) is 0.616. The summed E-state index contributed by atoms with van der Waals surface area (Å²) < 4.78 is 5.09. The molecule has 0 unspecified atom stereocenters. The number of methoxy groups -OCH3 is 1. The van der Waals surface area contributed by atoms with Crippen LogP contribution in [-0.2, 0) is 0 Å². The minimum absolute atomic E-state index is 0.630. The van der Waals surface area contributed by atoms with E-state index >= 15 is 0 Å². The van der Waals surface area contributed by atoms with Gasteiger partial charge in [-0.2, -0.15) is 0 Å². The van der Waals surface area contributed by atoms with Crippen LogP contribution in [0.15, 0.2) is 12.1 Å². The maximum Gasteiger partial charge on any atom is 0.143 e. The molecule has 0 atom stereocenters. The zero-order valence-electron chi connectivity index (χ0n) is 8.14. The molecule has 0 aromatic heterocycles. The summed E-state index contributed by atoms with van der Waals surface area (Å²) in [6.07, 6.45) is 0. The Balaban J connectivity index is 3.18. The van der Waals surface area contributed by atoms with Crippen molar-refractivity contribution in [1.82, 2.24) is 0 Å². The molecule has 0 amide bonds. The third-order valence-corrected chi connectivity index (χ3v) is 1.91. The smallest absolute Gasteiger partial charge is 0.143 e. The van der Waals surface area contributed by atoms with E-state index in [1.807, 2.05) is 26.2 Å². The van der Waals surface area contributed by atoms with Crippen molar-refractivity contribution >= 4 is 17.1 Å². The Hall–Kier alpha value is -1.58. The summed E-state index contributed by atoms with van der Waals surface area (Å²) in [4.78, 5) is 0. The standard InChI is InChI=1S/C9H15N3O/c1-11-7-4-6(10)9(13-3)5-8(7)12-2/h4-5,11-12H,10H2,1-3H3. The summed E-state index contributed by atoms with van der Waals surface area (Å²) in [5.74, 6) is 0.684. The number of ether oxygens (including phenoxy) is 1. The molecule has 0 aliphatic rings. The first-order valence-corrected chi connectivity index (χ1v) is 4.06. The first kappa shape index (κ1) is 9.51. The maximum atomic E-state index is 5.74. The molecule has 13 heavy (non-hydrogen) atoms. The normalized spacial score (nSPS) is 9.46. The largest absolute Gasteiger partial charge is 0.495 e. The summed E-state index contributed by atoms with van der Waals surface area (Å²) >= 11 is 0. The highest BCUT2D eigenvalue weighted by atomic mass is 16.5. The third kappa shape index (κ3) is 1.77. The van der Waals surface area contributed by atoms with Gasteiger partial charge in [-0.1, -0.05) is 0 Å². The molecule has 0 fully saturated rings. The Morgan fingerprint density at radius 2 is 1.69 bits per heavy atom. The van der Waals surface area contributed by atoms with Crippen LogP contribution in [0.1, 0.15) is 0 Å². The van der Waals surface area contributed by atoms with Crippen LogP contribution < -0.4 is 21.1 Å². The summed E-state index contributed by atoms with van der Waals surface area (Å²) in [7, 11) is 5.30. The lowest BCUT2D eigenvalue weighted by Gasteiger charge is -2.12. The van der Waals surface area contributed by atoms with Gasteiger partial charge in [0, 0.05) is 20.2 Å². The van der Waals surface area contributed by atoms with E-state index in [1.165, 1.54) is 0 Å². The van der Waals surface area contributed by atoms with E-state index < -0.39 is 0 Å². The molecule has 4 N–H and O–H groups in total. The van der Waals surface area contributed by atoms with Crippen molar-refractivity contribution in [1.29, 1.82) is 0 Å². The zero-order valence-corrected chi connectivity index (χ0v) is 8.14. The minimum atomic E-state index is 0.630. The van der Waals surface area contributed by atoms with E-state index in [9.17, 15) is 0 Å². The lowest BCUT2D eigenvalue weighted by atomic mass is 10.2. The van der Waals surface area contributed by atoms with Crippen LogP contribution in [0.2, 0.25) is 0 Å². The number of benzene rings is 1. The molecule has 4 nitrogen and oxygen atoms in total. The molecule has 72 valence electrons. The predicted octanol–water partition coefficient (Wildman–Crippen LogP) is 1.36. The number of hydrogen-bond donors (Lipinski definition) is 3. The highest BCUT2D eigenvalue weighted by Crippen LogP contribution is 2.32.